The molecule has 0 aromatic heterocycles. The average molecular weight is 248 g/mol. The molecule has 1 aromatic carbocycles. The molecular formula is C14H17FN2O. The van der Waals surface area contributed by atoms with Gasteiger partial charge in [-0.25, -0.2) is 4.39 Å². The Balaban J connectivity index is 2.09. The van der Waals surface area contributed by atoms with Crippen LogP contribution in [0.5, 0.6) is 0 Å². The second-order valence-corrected chi connectivity index (χ2v) is 4.82. The van der Waals surface area contributed by atoms with Crippen LogP contribution in [0.25, 0.3) is 5.57 Å². The zero-order valence-corrected chi connectivity index (χ0v) is 10.3. The number of hydrogen-bond acceptors (Lipinski definition) is 2. The van der Waals surface area contributed by atoms with Crippen molar-refractivity contribution in [2.45, 2.75) is 19.8 Å². The molecule has 0 fully saturated rings. The van der Waals surface area contributed by atoms with Crippen molar-refractivity contribution in [3.8, 4) is 0 Å². The second-order valence-electron chi connectivity index (χ2n) is 4.82. The molecule has 2 atom stereocenters. The molecule has 0 saturated heterocycles. The molecule has 3 N–H and O–H groups in total. The van der Waals surface area contributed by atoms with Gasteiger partial charge in [-0.15, -0.1) is 0 Å². The van der Waals surface area contributed by atoms with Crippen LogP contribution in [0.4, 0.5) is 4.39 Å². The van der Waals surface area contributed by atoms with Crippen LogP contribution in [0.15, 0.2) is 35.5 Å². The summed E-state index contributed by atoms with van der Waals surface area (Å²) in [5.41, 5.74) is 7.80. The second kappa shape index (κ2) is 5.21. The molecule has 96 valence electrons. The van der Waals surface area contributed by atoms with Crippen molar-refractivity contribution >= 4 is 11.4 Å². The molecule has 0 amide bonds. The van der Waals surface area contributed by atoms with E-state index in [1.54, 1.807) is 12.1 Å². The van der Waals surface area contributed by atoms with E-state index in [0.717, 1.165) is 12.0 Å². The van der Waals surface area contributed by atoms with Crippen LogP contribution in [0.3, 0.4) is 0 Å². The van der Waals surface area contributed by atoms with Crippen molar-refractivity contribution in [2.75, 3.05) is 0 Å². The number of hydrogen-bond donors (Lipinski definition) is 2. The lowest BCUT2D eigenvalue weighted by Crippen LogP contribution is -2.18. The monoisotopic (exact) mass is 248 g/mol. The van der Waals surface area contributed by atoms with Gasteiger partial charge in [-0.3, -0.25) is 0 Å². The molecule has 0 radical (unpaired) electrons. The maximum Gasteiger partial charge on any atom is 0.139 e. The summed E-state index contributed by atoms with van der Waals surface area (Å²) in [4.78, 5) is 0. The zero-order chi connectivity index (χ0) is 13.1. The fraction of sp³-hybridized carbons (Fsp3) is 0.357. The van der Waals surface area contributed by atoms with E-state index in [9.17, 15) is 4.39 Å². The van der Waals surface area contributed by atoms with Crippen LogP contribution in [0, 0.1) is 17.7 Å². The number of oxime groups is 1. The highest BCUT2D eigenvalue weighted by Gasteiger charge is 2.25. The van der Waals surface area contributed by atoms with Crippen LogP contribution in [0.1, 0.15) is 25.3 Å². The van der Waals surface area contributed by atoms with Crippen LogP contribution >= 0.6 is 0 Å². The Morgan fingerprint density at radius 1 is 1.44 bits per heavy atom. The first kappa shape index (κ1) is 12.6. The Labute approximate surface area is 106 Å². The first-order valence-corrected chi connectivity index (χ1v) is 6.03. The van der Waals surface area contributed by atoms with E-state index in [4.69, 9.17) is 10.9 Å². The van der Waals surface area contributed by atoms with Crippen molar-refractivity contribution in [1.29, 1.82) is 0 Å². The molecule has 2 rings (SSSR count). The van der Waals surface area contributed by atoms with E-state index in [1.165, 1.54) is 17.7 Å². The summed E-state index contributed by atoms with van der Waals surface area (Å²) in [6, 6.07) is 6.52. The Kier molecular flexibility index (Phi) is 3.65. The summed E-state index contributed by atoms with van der Waals surface area (Å²) in [6.07, 6.45) is 3.64. The van der Waals surface area contributed by atoms with Gasteiger partial charge < -0.3 is 10.9 Å². The van der Waals surface area contributed by atoms with Gasteiger partial charge >= 0.3 is 0 Å². The maximum absolute atomic E-state index is 12.9. The number of benzene rings is 1. The average Bonchev–Trinajstić information content (AvgIpc) is 2.71. The van der Waals surface area contributed by atoms with Crippen molar-refractivity contribution in [2.24, 2.45) is 22.7 Å². The van der Waals surface area contributed by atoms with Gasteiger partial charge in [-0.2, -0.15) is 0 Å². The molecule has 4 heteroatoms. The minimum absolute atomic E-state index is 0.224. The molecule has 1 aromatic rings. The highest BCUT2D eigenvalue weighted by molar-refractivity contribution is 5.80. The number of allylic oxidation sites excluding steroid dienone is 2. The maximum atomic E-state index is 12.9. The number of halogens is 1. The minimum atomic E-state index is -0.224. The van der Waals surface area contributed by atoms with Gasteiger partial charge in [0.2, 0.25) is 0 Å². The van der Waals surface area contributed by atoms with Crippen LogP contribution in [-0.2, 0) is 0 Å². The summed E-state index contributed by atoms with van der Waals surface area (Å²) in [6.45, 7) is 2.12. The predicted octanol–water partition coefficient (Wildman–Crippen LogP) is 3.00. The van der Waals surface area contributed by atoms with Gasteiger partial charge in [0.05, 0.1) is 0 Å². The fourth-order valence-corrected chi connectivity index (χ4v) is 2.44. The third-order valence-electron chi connectivity index (χ3n) is 3.50. The quantitative estimate of drug-likeness (QED) is 0.374. The SMILES string of the molecule is C[C@H]1C=C(c2ccc(F)cc2)C[C@H]1C/C(N)=N/O. The third kappa shape index (κ3) is 2.70. The Morgan fingerprint density at radius 2 is 2.11 bits per heavy atom. The first-order valence-electron chi connectivity index (χ1n) is 6.03. The molecule has 0 bridgehead atoms. The van der Waals surface area contributed by atoms with Crippen LogP contribution in [0.2, 0.25) is 0 Å². The zero-order valence-electron chi connectivity index (χ0n) is 10.3. The van der Waals surface area contributed by atoms with Gasteiger partial charge in [-0.1, -0.05) is 30.3 Å². The number of amidine groups is 1. The Bertz CT molecular complexity index is 479. The van der Waals surface area contributed by atoms with Crippen LogP contribution < -0.4 is 5.73 Å². The van der Waals surface area contributed by atoms with Gasteiger partial charge in [-0.05, 0) is 41.5 Å². The van der Waals surface area contributed by atoms with E-state index < -0.39 is 0 Å². The van der Waals surface area contributed by atoms with E-state index in [-0.39, 0.29) is 11.7 Å². The molecular weight excluding hydrogens is 231 g/mol. The predicted molar refractivity (Wildman–Crippen MR) is 69.7 cm³/mol. The number of nitrogens with two attached hydrogens (primary N) is 1. The standard InChI is InChI=1S/C14H17FN2O/c1-9-6-12(7-11(9)8-14(16)17-18)10-2-4-13(15)5-3-10/h2-6,9,11,18H,7-8H2,1H3,(H2,16,17)/t9-,11-/m0/s1. The lowest BCUT2D eigenvalue weighted by atomic mass is 9.92. The molecule has 1 aliphatic rings. The minimum Gasteiger partial charge on any atom is -0.409 e. The molecule has 3 nitrogen and oxygen atoms in total. The topological polar surface area (TPSA) is 58.6 Å². The molecule has 0 unspecified atom stereocenters. The van der Waals surface area contributed by atoms with Gasteiger partial charge in [0.25, 0.3) is 0 Å². The molecule has 18 heavy (non-hydrogen) atoms. The molecule has 0 saturated carbocycles. The largest absolute Gasteiger partial charge is 0.409 e. The normalized spacial score (nSPS) is 24.1. The van der Waals surface area contributed by atoms with E-state index in [2.05, 4.69) is 18.2 Å². The molecule has 0 spiro atoms. The van der Waals surface area contributed by atoms with Crippen molar-refractivity contribution < 1.29 is 9.60 Å². The number of nitrogens with zero attached hydrogens (tertiary/aromatic N) is 1. The molecule has 0 aliphatic heterocycles. The summed E-state index contributed by atoms with van der Waals surface area (Å²) in [7, 11) is 0. The molecule has 0 heterocycles. The number of rotatable bonds is 3. The highest BCUT2D eigenvalue weighted by Crippen LogP contribution is 2.37. The van der Waals surface area contributed by atoms with Crippen molar-refractivity contribution in [3.63, 3.8) is 0 Å². The lowest BCUT2D eigenvalue weighted by molar-refractivity contribution is 0.314. The van der Waals surface area contributed by atoms with Gasteiger partial charge in [0.15, 0.2) is 0 Å². The summed E-state index contributed by atoms with van der Waals surface area (Å²) in [5.74, 6) is 0.769. The first-order chi connectivity index (χ1) is 8.60. The van der Waals surface area contributed by atoms with E-state index >= 15 is 0 Å². The van der Waals surface area contributed by atoms with E-state index in [1.807, 2.05) is 0 Å². The third-order valence-corrected chi connectivity index (χ3v) is 3.50. The summed E-state index contributed by atoms with van der Waals surface area (Å²) < 4.78 is 12.9. The lowest BCUT2D eigenvalue weighted by Gasteiger charge is -2.14. The molecule has 1 aliphatic carbocycles. The Hall–Kier alpha value is -1.84. The van der Waals surface area contributed by atoms with Crippen molar-refractivity contribution in [1.82, 2.24) is 0 Å². The van der Waals surface area contributed by atoms with Gasteiger partial charge in [0, 0.05) is 6.42 Å². The highest BCUT2D eigenvalue weighted by atomic mass is 19.1. The smallest absolute Gasteiger partial charge is 0.139 e. The fourth-order valence-electron chi connectivity index (χ4n) is 2.44. The summed E-state index contributed by atoms with van der Waals surface area (Å²) >= 11 is 0. The van der Waals surface area contributed by atoms with E-state index in [0.29, 0.717) is 18.3 Å². The summed E-state index contributed by atoms with van der Waals surface area (Å²) in [5, 5.41) is 11.6. The Morgan fingerprint density at radius 3 is 2.72 bits per heavy atom. The van der Waals surface area contributed by atoms with Crippen molar-refractivity contribution in [3.05, 3.63) is 41.7 Å². The van der Waals surface area contributed by atoms with Crippen LogP contribution in [-0.4, -0.2) is 11.0 Å². The van der Waals surface area contributed by atoms with Gasteiger partial charge in [0.1, 0.15) is 11.7 Å².